The van der Waals surface area contributed by atoms with E-state index in [1.54, 1.807) is 23.9 Å². The van der Waals surface area contributed by atoms with Gasteiger partial charge in [-0.3, -0.25) is 4.79 Å². The first-order chi connectivity index (χ1) is 10.7. The Balaban J connectivity index is 2.30. The van der Waals surface area contributed by atoms with Gasteiger partial charge in [0.25, 0.3) is 5.91 Å². The van der Waals surface area contributed by atoms with Gasteiger partial charge in [0.15, 0.2) is 0 Å². The number of likely N-dealkylation sites (tertiary alicyclic amines) is 1. The largest absolute Gasteiger partial charge is 0.451 e. The van der Waals surface area contributed by atoms with E-state index in [0.717, 1.165) is 12.8 Å². The van der Waals surface area contributed by atoms with Crippen LogP contribution in [-0.4, -0.2) is 52.9 Å². The number of hydrogen-bond donors (Lipinski definition) is 0. The van der Waals surface area contributed by atoms with Crippen LogP contribution in [-0.2, 0) is 12.7 Å². The van der Waals surface area contributed by atoms with Crippen LogP contribution in [0.25, 0.3) is 0 Å². The summed E-state index contributed by atoms with van der Waals surface area (Å²) in [7, 11) is 3.45. The van der Waals surface area contributed by atoms with Gasteiger partial charge in [-0.2, -0.15) is 13.2 Å². The molecule has 0 bridgehead atoms. The second kappa shape index (κ2) is 6.82. The number of carbonyl (C=O) groups excluding carboxylic acids is 1. The maximum Gasteiger partial charge on any atom is 0.451 e. The summed E-state index contributed by atoms with van der Waals surface area (Å²) >= 11 is 0. The second-order valence-electron chi connectivity index (χ2n) is 6.28. The molecule has 1 saturated heterocycles. The highest BCUT2D eigenvalue weighted by atomic mass is 19.4. The molecule has 0 atom stereocenters. The third-order valence-electron chi connectivity index (χ3n) is 3.80. The van der Waals surface area contributed by atoms with Crippen molar-refractivity contribution in [2.45, 2.75) is 32.5 Å². The van der Waals surface area contributed by atoms with Gasteiger partial charge in [-0.05, 0) is 38.9 Å². The van der Waals surface area contributed by atoms with Gasteiger partial charge in [0.2, 0.25) is 5.82 Å². The zero-order chi connectivity index (χ0) is 17.2. The van der Waals surface area contributed by atoms with Crippen molar-refractivity contribution in [3.05, 3.63) is 23.3 Å². The van der Waals surface area contributed by atoms with Gasteiger partial charge >= 0.3 is 6.18 Å². The summed E-state index contributed by atoms with van der Waals surface area (Å²) in [5.41, 5.74) is 0.00443. The average Bonchev–Trinajstić information content (AvgIpc) is 2.45. The first-order valence-electron chi connectivity index (χ1n) is 7.56. The Bertz CT molecular complexity index is 566. The minimum Gasteiger partial charge on any atom is -0.337 e. The van der Waals surface area contributed by atoms with Crippen molar-refractivity contribution in [1.29, 1.82) is 0 Å². The van der Waals surface area contributed by atoms with Crippen LogP contribution < -0.4 is 0 Å². The van der Waals surface area contributed by atoms with E-state index in [9.17, 15) is 18.0 Å². The van der Waals surface area contributed by atoms with Crippen LogP contribution >= 0.6 is 0 Å². The molecule has 1 fully saturated rings. The molecule has 0 saturated carbocycles. The Morgan fingerprint density at radius 2 is 1.91 bits per heavy atom. The Morgan fingerprint density at radius 3 is 2.43 bits per heavy atom. The molecule has 2 heterocycles. The topological polar surface area (TPSA) is 49.3 Å². The summed E-state index contributed by atoms with van der Waals surface area (Å²) in [6.45, 7) is 3.41. The predicted octanol–water partition coefficient (Wildman–Crippen LogP) is 2.43. The lowest BCUT2D eigenvalue weighted by Gasteiger charge is -2.30. The molecule has 23 heavy (non-hydrogen) atoms. The van der Waals surface area contributed by atoms with Crippen LogP contribution in [0.3, 0.4) is 0 Å². The van der Waals surface area contributed by atoms with Crippen molar-refractivity contribution >= 4 is 5.91 Å². The van der Waals surface area contributed by atoms with E-state index in [2.05, 4.69) is 16.9 Å². The minimum atomic E-state index is -4.67. The molecule has 1 aromatic rings. The first kappa shape index (κ1) is 17.7. The lowest BCUT2D eigenvalue weighted by molar-refractivity contribution is -0.145. The second-order valence-corrected chi connectivity index (χ2v) is 6.28. The van der Waals surface area contributed by atoms with Crippen molar-refractivity contribution in [2.24, 2.45) is 5.92 Å². The van der Waals surface area contributed by atoms with Gasteiger partial charge < -0.3 is 9.80 Å². The number of carbonyl (C=O) groups is 1. The molecule has 0 unspecified atom stereocenters. The van der Waals surface area contributed by atoms with Crippen LogP contribution in [0.5, 0.6) is 0 Å². The molecule has 128 valence electrons. The zero-order valence-electron chi connectivity index (χ0n) is 13.5. The molecular weight excluding hydrogens is 309 g/mol. The summed E-state index contributed by atoms with van der Waals surface area (Å²) in [6, 6.07) is 1.36. The maximum absolute atomic E-state index is 13.0. The first-order valence-corrected chi connectivity index (χ1v) is 7.56. The lowest BCUT2D eigenvalue weighted by Crippen LogP contribution is -2.38. The molecule has 0 radical (unpaired) electrons. The Hall–Kier alpha value is -1.70. The fraction of sp³-hybridized carbons (Fsp3) is 0.667. The molecule has 0 N–H and O–H groups in total. The molecule has 2 rings (SSSR count). The van der Waals surface area contributed by atoms with Crippen molar-refractivity contribution < 1.29 is 18.0 Å². The van der Waals surface area contributed by atoms with E-state index in [1.807, 2.05) is 0 Å². The van der Waals surface area contributed by atoms with E-state index in [-0.39, 0.29) is 17.9 Å². The number of rotatable bonds is 3. The monoisotopic (exact) mass is 330 g/mol. The molecule has 8 heteroatoms. The van der Waals surface area contributed by atoms with Crippen LogP contribution in [0.1, 0.15) is 41.8 Å². The maximum atomic E-state index is 13.0. The van der Waals surface area contributed by atoms with E-state index in [4.69, 9.17) is 0 Å². The summed E-state index contributed by atoms with van der Waals surface area (Å²) in [6.07, 6.45) is -2.96. The fourth-order valence-corrected chi connectivity index (χ4v) is 2.51. The molecular formula is C15H21F3N4O. The minimum absolute atomic E-state index is 0.182. The average molecular weight is 330 g/mol. The molecule has 1 amide bonds. The lowest BCUT2D eigenvalue weighted by atomic mass is 9.99. The zero-order valence-corrected chi connectivity index (χ0v) is 13.5. The third kappa shape index (κ3) is 4.63. The number of nitrogens with zero attached hydrogens (tertiary/aromatic N) is 4. The number of hydrogen-bond acceptors (Lipinski definition) is 4. The van der Waals surface area contributed by atoms with Crippen molar-refractivity contribution in [1.82, 2.24) is 19.8 Å². The summed E-state index contributed by atoms with van der Waals surface area (Å²) in [5, 5.41) is 0. The van der Waals surface area contributed by atoms with Crippen molar-refractivity contribution in [3.8, 4) is 0 Å². The van der Waals surface area contributed by atoms with Crippen molar-refractivity contribution in [2.75, 3.05) is 27.2 Å². The van der Waals surface area contributed by atoms with E-state index < -0.39 is 17.9 Å². The number of halogens is 3. The van der Waals surface area contributed by atoms with Gasteiger partial charge in [-0.15, -0.1) is 0 Å². The third-order valence-corrected chi connectivity index (χ3v) is 3.80. The predicted molar refractivity (Wildman–Crippen MR) is 78.7 cm³/mol. The van der Waals surface area contributed by atoms with Gasteiger partial charge in [0.1, 0.15) is 5.69 Å². The Kier molecular flexibility index (Phi) is 5.23. The van der Waals surface area contributed by atoms with E-state index in [1.165, 1.54) is 6.07 Å². The molecule has 0 spiro atoms. The summed E-state index contributed by atoms with van der Waals surface area (Å²) in [4.78, 5) is 22.7. The summed E-state index contributed by atoms with van der Waals surface area (Å²) < 4.78 is 38.9. The standard InChI is InChI=1S/C15H21F3N4O/c1-10-4-6-22(7-5-10)13(23)12-8-11(9-21(2)3)19-14(20-12)15(16,17)18/h8,10H,4-7,9H2,1-3H3. The van der Waals surface area contributed by atoms with Gasteiger partial charge in [0.05, 0.1) is 5.69 Å². The molecule has 1 aromatic heterocycles. The van der Waals surface area contributed by atoms with Crippen LogP contribution in [0, 0.1) is 5.92 Å². The van der Waals surface area contributed by atoms with Crippen LogP contribution in [0.4, 0.5) is 13.2 Å². The highest BCUT2D eigenvalue weighted by Crippen LogP contribution is 2.27. The molecule has 1 aliphatic rings. The summed E-state index contributed by atoms with van der Waals surface area (Å²) in [5.74, 6) is -1.19. The van der Waals surface area contributed by atoms with E-state index >= 15 is 0 Å². The number of amides is 1. The Labute approximate surface area is 133 Å². The molecule has 5 nitrogen and oxygen atoms in total. The molecule has 0 aromatic carbocycles. The quantitative estimate of drug-likeness (QED) is 0.854. The Morgan fingerprint density at radius 1 is 1.30 bits per heavy atom. The van der Waals surface area contributed by atoms with E-state index in [0.29, 0.717) is 19.0 Å². The SMILES string of the molecule is CC1CCN(C(=O)c2cc(CN(C)C)nc(C(F)(F)F)n2)CC1. The number of aromatic nitrogens is 2. The smallest absolute Gasteiger partial charge is 0.337 e. The van der Waals surface area contributed by atoms with Crippen molar-refractivity contribution in [3.63, 3.8) is 0 Å². The highest BCUT2D eigenvalue weighted by molar-refractivity contribution is 5.92. The normalized spacial score (nSPS) is 16.9. The highest BCUT2D eigenvalue weighted by Gasteiger charge is 2.36. The molecule has 1 aliphatic heterocycles. The van der Waals surface area contributed by atoms with Gasteiger partial charge in [0, 0.05) is 19.6 Å². The van der Waals surface area contributed by atoms with Gasteiger partial charge in [-0.1, -0.05) is 6.92 Å². The number of piperidine rings is 1. The van der Waals surface area contributed by atoms with Gasteiger partial charge in [-0.25, -0.2) is 9.97 Å². The fourth-order valence-electron chi connectivity index (χ4n) is 2.51. The van der Waals surface area contributed by atoms with Crippen LogP contribution in [0.15, 0.2) is 6.07 Å². The number of alkyl halides is 3. The van der Waals surface area contributed by atoms with Crippen LogP contribution in [0.2, 0.25) is 0 Å². The molecule has 0 aliphatic carbocycles.